The Kier molecular flexibility index (Phi) is 7.76. The van der Waals surface area contributed by atoms with E-state index in [0.717, 1.165) is 22.2 Å². The Morgan fingerprint density at radius 2 is 1.55 bits per heavy atom. The van der Waals surface area contributed by atoms with Crippen LogP contribution < -0.4 is 10.6 Å². The van der Waals surface area contributed by atoms with Crippen LogP contribution in [-0.2, 0) is 0 Å². The Morgan fingerprint density at radius 3 is 2.29 bits per heavy atom. The van der Waals surface area contributed by atoms with Gasteiger partial charge in [-0.3, -0.25) is 9.59 Å². The monoisotopic (exact) mass is 451 g/mol. The van der Waals surface area contributed by atoms with Gasteiger partial charge in [-0.25, -0.2) is 4.98 Å². The molecule has 0 unspecified atom stereocenters. The molecule has 2 aromatic heterocycles. The van der Waals surface area contributed by atoms with Crippen LogP contribution in [0.5, 0.6) is 0 Å². The molecular formula is C24H22ClN3O2S. The fraction of sp³-hybridized carbons (Fsp3) is 0.125. The summed E-state index contributed by atoms with van der Waals surface area (Å²) in [6.07, 6.45) is 0.650. The minimum atomic E-state index is -0.143. The highest BCUT2D eigenvalue weighted by atomic mass is 35.5. The number of aromatic nitrogens is 1. The second-order valence-electron chi connectivity index (χ2n) is 6.78. The fourth-order valence-corrected chi connectivity index (χ4v) is 3.84. The average Bonchev–Trinajstić information content (AvgIpc) is 3.33. The average molecular weight is 452 g/mol. The number of benzene rings is 2. The quantitative estimate of drug-likeness (QED) is 0.391. The first-order chi connectivity index (χ1) is 14.7. The zero-order valence-electron chi connectivity index (χ0n) is 16.7. The first-order valence-electron chi connectivity index (χ1n) is 9.77. The molecule has 2 amide bonds. The van der Waals surface area contributed by atoms with E-state index in [1.807, 2.05) is 72.1 Å². The lowest BCUT2D eigenvalue weighted by atomic mass is 10.0. The molecular weight excluding hydrogens is 430 g/mol. The molecule has 158 valence electrons. The van der Waals surface area contributed by atoms with E-state index in [9.17, 15) is 9.59 Å². The molecule has 0 aliphatic heterocycles. The summed E-state index contributed by atoms with van der Waals surface area (Å²) in [5.41, 5.74) is 3.12. The van der Waals surface area contributed by atoms with Gasteiger partial charge in [0.1, 0.15) is 0 Å². The number of nitrogens with zero attached hydrogens (tertiary/aromatic N) is 1. The molecule has 7 heteroatoms. The van der Waals surface area contributed by atoms with Crippen LogP contribution in [0, 0.1) is 0 Å². The number of carbonyl (C=O) groups excluding carboxylic acids is 2. The van der Waals surface area contributed by atoms with Gasteiger partial charge in [0.15, 0.2) is 0 Å². The highest BCUT2D eigenvalue weighted by Gasteiger charge is 2.13. The van der Waals surface area contributed by atoms with Crippen molar-refractivity contribution in [1.82, 2.24) is 15.6 Å². The summed E-state index contributed by atoms with van der Waals surface area (Å²) in [5.74, 6) is -0.223. The van der Waals surface area contributed by atoms with E-state index in [1.54, 1.807) is 6.07 Å². The molecule has 0 bridgehead atoms. The summed E-state index contributed by atoms with van der Waals surface area (Å²) in [7, 11) is 0. The van der Waals surface area contributed by atoms with Gasteiger partial charge in [0.25, 0.3) is 11.8 Å². The SMILES string of the molecule is Cl.O=C(NCCCNC(=O)c1cc(-c2ccccc2)nc2ccccc12)c1cccs1. The maximum atomic E-state index is 12.9. The van der Waals surface area contributed by atoms with Crippen molar-refractivity contribution in [1.29, 1.82) is 0 Å². The normalized spacial score (nSPS) is 10.3. The number of pyridine rings is 1. The smallest absolute Gasteiger partial charge is 0.261 e. The predicted molar refractivity (Wildman–Crippen MR) is 128 cm³/mol. The van der Waals surface area contributed by atoms with Crippen molar-refractivity contribution in [2.45, 2.75) is 6.42 Å². The molecule has 0 radical (unpaired) electrons. The van der Waals surface area contributed by atoms with Gasteiger partial charge in [-0.1, -0.05) is 54.6 Å². The van der Waals surface area contributed by atoms with Crippen molar-refractivity contribution in [2.75, 3.05) is 13.1 Å². The van der Waals surface area contributed by atoms with Gasteiger partial charge in [-0.15, -0.1) is 23.7 Å². The lowest BCUT2D eigenvalue weighted by Gasteiger charge is -2.11. The molecule has 0 saturated heterocycles. The van der Waals surface area contributed by atoms with Crippen LogP contribution in [0.15, 0.2) is 78.2 Å². The Balaban J connectivity index is 0.00000272. The number of hydrogen-bond donors (Lipinski definition) is 2. The Labute approximate surface area is 190 Å². The van der Waals surface area contributed by atoms with E-state index < -0.39 is 0 Å². The van der Waals surface area contributed by atoms with Crippen molar-refractivity contribution in [3.05, 3.63) is 88.6 Å². The van der Waals surface area contributed by atoms with Crippen molar-refractivity contribution < 1.29 is 9.59 Å². The maximum Gasteiger partial charge on any atom is 0.261 e. The lowest BCUT2D eigenvalue weighted by Crippen LogP contribution is -2.29. The first-order valence-corrected chi connectivity index (χ1v) is 10.7. The Bertz CT molecular complexity index is 1160. The molecule has 2 aromatic carbocycles. The first kappa shape index (κ1) is 22.5. The molecule has 4 aromatic rings. The number of thiophene rings is 1. The minimum Gasteiger partial charge on any atom is -0.352 e. The predicted octanol–water partition coefficient (Wildman–Crippen LogP) is 4.94. The van der Waals surface area contributed by atoms with Crippen LogP contribution in [0.2, 0.25) is 0 Å². The summed E-state index contributed by atoms with van der Waals surface area (Å²) in [5, 5.41) is 8.52. The standard InChI is InChI=1S/C24H21N3O2S.ClH/c28-23(25-13-7-14-26-24(29)22-12-6-15-30-22)19-16-21(17-8-2-1-3-9-17)27-20-11-5-4-10-18(19)20;/h1-6,8-12,15-16H,7,13-14H2,(H,25,28)(H,26,29);1H. The van der Waals surface area contributed by atoms with Crippen LogP contribution in [0.1, 0.15) is 26.5 Å². The summed E-state index contributed by atoms with van der Waals surface area (Å²) in [4.78, 5) is 30.3. The van der Waals surface area contributed by atoms with Gasteiger partial charge >= 0.3 is 0 Å². The molecule has 0 atom stereocenters. The van der Waals surface area contributed by atoms with Crippen molar-refractivity contribution in [3.8, 4) is 11.3 Å². The summed E-state index contributed by atoms with van der Waals surface area (Å²) in [6, 6.07) is 23.0. The van der Waals surface area contributed by atoms with Crippen LogP contribution in [0.3, 0.4) is 0 Å². The number of para-hydroxylation sites is 1. The van der Waals surface area contributed by atoms with Gasteiger partial charge in [0.05, 0.1) is 21.7 Å². The van der Waals surface area contributed by atoms with Gasteiger partial charge < -0.3 is 10.6 Å². The van der Waals surface area contributed by atoms with Crippen molar-refractivity contribution in [3.63, 3.8) is 0 Å². The van der Waals surface area contributed by atoms with E-state index in [-0.39, 0.29) is 24.2 Å². The Morgan fingerprint density at radius 1 is 0.839 bits per heavy atom. The van der Waals surface area contributed by atoms with Crippen LogP contribution in [-0.4, -0.2) is 29.9 Å². The van der Waals surface area contributed by atoms with Crippen molar-refractivity contribution in [2.24, 2.45) is 0 Å². The molecule has 2 heterocycles. The zero-order chi connectivity index (χ0) is 20.8. The second kappa shape index (κ2) is 10.7. The third kappa shape index (κ3) is 5.48. The summed E-state index contributed by atoms with van der Waals surface area (Å²) < 4.78 is 0. The number of fused-ring (bicyclic) bond motifs is 1. The summed E-state index contributed by atoms with van der Waals surface area (Å²) >= 11 is 1.41. The number of hydrogen-bond acceptors (Lipinski definition) is 4. The molecule has 0 spiro atoms. The molecule has 0 fully saturated rings. The van der Waals surface area contributed by atoms with E-state index >= 15 is 0 Å². The van der Waals surface area contributed by atoms with Gasteiger partial charge in [0, 0.05) is 24.0 Å². The van der Waals surface area contributed by atoms with Crippen LogP contribution in [0.4, 0.5) is 0 Å². The molecule has 2 N–H and O–H groups in total. The highest BCUT2D eigenvalue weighted by Crippen LogP contribution is 2.24. The molecule has 0 aliphatic carbocycles. The second-order valence-corrected chi connectivity index (χ2v) is 7.73. The number of amides is 2. The number of halogens is 1. The molecule has 0 saturated carbocycles. The van der Waals surface area contributed by atoms with Gasteiger partial charge in [-0.05, 0) is 30.0 Å². The largest absolute Gasteiger partial charge is 0.352 e. The number of carbonyl (C=O) groups is 2. The van der Waals surface area contributed by atoms with Crippen LogP contribution >= 0.6 is 23.7 Å². The molecule has 5 nitrogen and oxygen atoms in total. The lowest BCUT2D eigenvalue weighted by molar-refractivity contribution is 0.0954. The Hall–Kier alpha value is -3.22. The van der Waals surface area contributed by atoms with E-state index in [4.69, 9.17) is 4.98 Å². The topological polar surface area (TPSA) is 71.1 Å². The summed E-state index contributed by atoms with van der Waals surface area (Å²) in [6.45, 7) is 0.976. The highest BCUT2D eigenvalue weighted by molar-refractivity contribution is 7.12. The third-order valence-corrected chi connectivity index (χ3v) is 5.57. The van der Waals surface area contributed by atoms with E-state index in [2.05, 4.69) is 10.6 Å². The maximum absolute atomic E-state index is 12.9. The van der Waals surface area contributed by atoms with Crippen LogP contribution in [0.25, 0.3) is 22.2 Å². The molecule has 0 aliphatic rings. The minimum absolute atomic E-state index is 0. The molecule has 4 rings (SSSR count). The zero-order valence-corrected chi connectivity index (χ0v) is 18.3. The molecule has 31 heavy (non-hydrogen) atoms. The number of nitrogens with one attached hydrogen (secondary N) is 2. The fourth-order valence-electron chi connectivity index (χ4n) is 3.20. The van der Waals surface area contributed by atoms with Gasteiger partial charge in [-0.2, -0.15) is 0 Å². The van der Waals surface area contributed by atoms with Crippen molar-refractivity contribution >= 4 is 46.5 Å². The third-order valence-electron chi connectivity index (χ3n) is 4.70. The van der Waals surface area contributed by atoms with E-state index in [1.165, 1.54) is 11.3 Å². The van der Waals surface area contributed by atoms with E-state index in [0.29, 0.717) is 30.0 Å². The van der Waals surface area contributed by atoms with Gasteiger partial charge in [0.2, 0.25) is 0 Å². The number of rotatable bonds is 7.